The molecule has 3 nitrogen and oxygen atoms in total. The second-order valence-corrected chi connectivity index (χ2v) is 5.06. The fraction of sp³-hybridized carbons (Fsp3) is 0.750. The quantitative estimate of drug-likeness (QED) is 0.624. The maximum atomic E-state index is 11.7. The summed E-state index contributed by atoms with van der Waals surface area (Å²) in [5.74, 6) is 0.422. The lowest BCUT2D eigenvalue weighted by molar-refractivity contribution is 0.0187. The van der Waals surface area contributed by atoms with Crippen LogP contribution < -0.4 is 0 Å². The molecule has 0 aliphatic carbocycles. The highest BCUT2D eigenvalue weighted by atomic mass is 16.6. The molecule has 1 aliphatic rings. The van der Waals surface area contributed by atoms with Crippen LogP contribution in [0.4, 0.5) is 4.79 Å². The maximum absolute atomic E-state index is 11.7. The van der Waals surface area contributed by atoms with E-state index in [9.17, 15) is 4.79 Å². The summed E-state index contributed by atoms with van der Waals surface area (Å²) in [5.41, 5.74) is -0.405. The van der Waals surface area contributed by atoms with Crippen molar-refractivity contribution >= 4 is 6.09 Å². The van der Waals surface area contributed by atoms with E-state index in [-0.39, 0.29) is 6.09 Å². The van der Waals surface area contributed by atoms with E-state index in [0.717, 1.165) is 25.9 Å². The van der Waals surface area contributed by atoms with Gasteiger partial charge in [-0.25, -0.2) is 4.79 Å². The third-order valence-corrected chi connectivity index (χ3v) is 2.44. The third-order valence-electron chi connectivity index (χ3n) is 2.44. The van der Waals surface area contributed by atoms with Crippen molar-refractivity contribution in [3.63, 3.8) is 0 Å². The predicted molar refractivity (Wildman–Crippen MR) is 60.7 cm³/mol. The SMILES string of the molecule is C=CC1CCCN(C(=O)OC(C)(C)C)C1. The molecular weight excluding hydrogens is 190 g/mol. The van der Waals surface area contributed by atoms with Crippen molar-refractivity contribution in [2.24, 2.45) is 5.92 Å². The molecule has 1 atom stereocenters. The van der Waals surface area contributed by atoms with Gasteiger partial charge in [0, 0.05) is 13.1 Å². The zero-order valence-corrected chi connectivity index (χ0v) is 9.95. The van der Waals surface area contributed by atoms with Crippen LogP contribution in [0, 0.1) is 5.92 Å². The number of piperidine rings is 1. The van der Waals surface area contributed by atoms with E-state index < -0.39 is 5.60 Å². The van der Waals surface area contributed by atoms with E-state index in [1.54, 1.807) is 4.90 Å². The van der Waals surface area contributed by atoms with Gasteiger partial charge in [0.1, 0.15) is 5.60 Å². The molecule has 1 amide bonds. The van der Waals surface area contributed by atoms with Crippen molar-refractivity contribution in [2.75, 3.05) is 13.1 Å². The molecule has 0 spiro atoms. The minimum atomic E-state index is -0.405. The van der Waals surface area contributed by atoms with Crippen molar-refractivity contribution in [1.82, 2.24) is 4.90 Å². The molecule has 0 aromatic rings. The molecule has 1 rings (SSSR count). The summed E-state index contributed by atoms with van der Waals surface area (Å²) in [5, 5.41) is 0. The highest BCUT2D eigenvalue weighted by molar-refractivity contribution is 5.68. The van der Waals surface area contributed by atoms with Crippen LogP contribution >= 0.6 is 0 Å². The van der Waals surface area contributed by atoms with Gasteiger partial charge in [-0.2, -0.15) is 0 Å². The van der Waals surface area contributed by atoms with E-state index in [0.29, 0.717) is 5.92 Å². The van der Waals surface area contributed by atoms with Crippen molar-refractivity contribution in [1.29, 1.82) is 0 Å². The molecular formula is C12H21NO2. The monoisotopic (exact) mass is 211 g/mol. The van der Waals surface area contributed by atoms with Gasteiger partial charge in [0.15, 0.2) is 0 Å². The van der Waals surface area contributed by atoms with E-state index in [1.165, 1.54) is 0 Å². The van der Waals surface area contributed by atoms with Crippen LogP contribution in [0.1, 0.15) is 33.6 Å². The van der Waals surface area contributed by atoms with Crippen LogP contribution in [0.25, 0.3) is 0 Å². The molecule has 1 saturated heterocycles. The summed E-state index contributed by atoms with van der Waals surface area (Å²) in [6, 6.07) is 0. The maximum Gasteiger partial charge on any atom is 0.410 e. The van der Waals surface area contributed by atoms with Crippen LogP contribution in [0.3, 0.4) is 0 Å². The Morgan fingerprint density at radius 1 is 1.53 bits per heavy atom. The Bertz CT molecular complexity index is 242. The summed E-state index contributed by atoms with van der Waals surface area (Å²) < 4.78 is 5.32. The average molecular weight is 211 g/mol. The lowest BCUT2D eigenvalue weighted by Gasteiger charge is -2.32. The Kier molecular flexibility index (Phi) is 3.77. The van der Waals surface area contributed by atoms with Crippen LogP contribution in [0.5, 0.6) is 0 Å². The number of hydrogen-bond acceptors (Lipinski definition) is 2. The van der Waals surface area contributed by atoms with Crippen LogP contribution in [0.15, 0.2) is 12.7 Å². The van der Waals surface area contributed by atoms with E-state index >= 15 is 0 Å². The lowest BCUT2D eigenvalue weighted by atomic mass is 9.99. The highest BCUT2D eigenvalue weighted by Gasteiger charge is 2.26. The molecule has 86 valence electrons. The van der Waals surface area contributed by atoms with E-state index in [1.807, 2.05) is 26.8 Å². The molecule has 1 heterocycles. The first kappa shape index (κ1) is 12.1. The molecule has 0 N–H and O–H groups in total. The van der Waals surface area contributed by atoms with Crippen molar-refractivity contribution in [3.05, 3.63) is 12.7 Å². The Balaban J connectivity index is 2.49. The first-order chi connectivity index (χ1) is 6.92. The van der Waals surface area contributed by atoms with Crippen LogP contribution in [0.2, 0.25) is 0 Å². The Morgan fingerprint density at radius 2 is 2.20 bits per heavy atom. The number of carbonyl (C=O) groups is 1. The number of hydrogen-bond donors (Lipinski definition) is 0. The highest BCUT2D eigenvalue weighted by Crippen LogP contribution is 2.19. The number of carbonyl (C=O) groups excluding carboxylic acids is 1. The van der Waals surface area contributed by atoms with Crippen LogP contribution in [-0.4, -0.2) is 29.7 Å². The summed E-state index contributed by atoms with van der Waals surface area (Å²) in [6.07, 6.45) is 3.89. The molecule has 0 radical (unpaired) electrons. The Hall–Kier alpha value is -0.990. The van der Waals surface area contributed by atoms with Gasteiger partial charge in [0.2, 0.25) is 0 Å². The first-order valence-corrected chi connectivity index (χ1v) is 5.53. The smallest absolute Gasteiger partial charge is 0.410 e. The number of nitrogens with zero attached hydrogens (tertiary/aromatic N) is 1. The second-order valence-electron chi connectivity index (χ2n) is 5.06. The molecule has 1 fully saturated rings. The number of ether oxygens (including phenoxy) is 1. The van der Waals surface area contributed by atoms with Gasteiger partial charge in [-0.3, -0.25) is 0 Å². The minimum absolute atomic E-state index is 0.200. The molecule has 0 aromatic heterocycles. The number of amides is 1. The molecule has 1 aliphatic heterocycles. The normalized spacial score (nSPS) is 22.3. The Labute approximate surface area is 92.1 Å². The van der Waals surface area contributed by atoms with E-state index in [4.69, 9.17) is 4.74 Å². The zero-order valence-electron chi connectivity index (χ0n) is 9.95. The summed E-state index contributed by atoms with van der Waals surface area (Å²) in [6.45, 7) is 11.0. The molecule has 1 unspecified atom stereocenters. The number of likely N-dealkylation sites (tertiary alicyclic amines) is 1. The van der Waals surface area contributed by atoms with Gasteiger partial charge in [0.05, 0.1) is 0 Å². The van der Waals surface area contributed by atoms with Gasteiger partial charge < -0.3 is 9.64 Å². The predicted octanol–water partition coefficient (Wildman–Crippen LogP) is 2.82. The molecule has 15 heavy (non-hydrogen) atoms. The Morgan fingerprint density at radius 3 is 2.73 bits per heavy atom. The fourth-order valence-electron chi connectivity index (χ4n) is 1.69. The lowest BCUT2D eigenvalue weighted by Crippen LogP contribution is -2.42. The van der Waals surface area contributed by atoms with Crippen molar-refractivity contribution < 1.29 is 9.53 Å². The zero-order chi connectivity index (χ0) is 11.5. The van der Waals surface area contributed by atoms with Crippen molar-refractivity contribution in [2.45, 2.75) is 39.2 Å². The molecule has 0 saturated carbocycles. The van der Waals surface area contributed by atoms with Crippen LogP contribution in [-0.2, 0) is 4.74 Å². The summed E-state index contributed by atoms with van der Waals surface area (Å²) >= 11 is 0. The van der Waals surface area contributed by atoms with Gasteiger partial charge in [-0.15, -0.1) is 6.58 Å². The van der Waals surface area contributed by atoms with Gasteiger partial charge >= 0.3 is 6.09 Å². The van der Waals surface area contributed by atoms with Gasteiger partial charge in [-0.05, 0) is 39.5 Å². The van der Waals surface area contributed by atoms with E-state index in [2.05, 4.69) is 6.58 Å². The van der Waals surface area contributed by atoms with Gasteiger partial charge in [-0.1, -0.05) is 6.08 Å². The molecule has 0 bridgehead atoms. The topological polar surface area (TPSA) is 29.5 Å². The number of rotatable bonds is 1. The largest absolute Gasteiger partial charge is 0.444 e. The summed E-state index contributed by atoms with van der Waals surface area (Å²) in [4.78, 5) is 13.5. The standard InChI is InChI=1S/C12H21NO2/c1-5-10-7-6-8-13(9-10)11(14)15-12(2,3)4/h5,10H,1,6-9H2,2-4H3. The van der Waals surface area contributed by atoms with Crippen molar-refractivity contribution in [3.8, 4) is 0 Å². The first-order valence-electron chi connectivity index (χ1n) is 5.53. The molecule has 3 heteroatoms. The van der Waals surface area contributed by atoms with Gasteiger partial charge in [0.25, 0.3) is 0 Å². The average Bonchev–Trinajstić information content (AvgIpc) is 2.15. The third kappa shape index (κ3) is 3.94. The minimum Gasteiger partial charge on any atom is -0.444 e. The summed E-state index contributed by atoms with van der Waals surface area (Å²) in [7, 11) is 0. The molecule has 0 aromatic carbocycles. The second kappa shape index (κ2) is 4.69. The fourth-order valence-corrected chi connectivity index (χ4v) is 1.69.